The van der Waals surface area contributed by atoms with Gasteiger partial charge in [0.25, 0.3) is 0 Å². The molecule has 0 atom stereocenters. The molecule has 98 valence electrons. The number of ether oxygens (including phenoxy) is 1. The Bertz CT molecular complexity index is 437. The summed E-state index contributed by atoms with van der Waals surface area (Å²) in [6.07, 6.45) is 0.955. The Morgan fingerprint density at radius 3 is 2.83 bits per heavy atom. The summed E-state index contributed by atoms with van der Waals surface area (Å²) in [5, 5.41) is 12.1. The maximum Gasteiger partial charge on any atom is 0.165 e. The average molecular weight is 248 g/mol. The molecule has 0 saturated heterocycles. The molecule has 0 bridgehead atoms. The van der Waals surface area contributed by atoms with E-state index in [0.29, 0.717) is 11.5 Å². The quantitative estimate of drug-likeness (QED) is 0.804. The van der Waals surface area contributed by atoms with Crippen LogP contribution in [0.1, 0.15) is 26.0 Å². The van der Waals surface area contributed by atoms with E-state index in [1.54, 1.807) is 19.2 Å². The molecule has 0 unspecified atom stereocenters. The molecule has 18 heavy (non-hydrogen) atoms. The Morgan fingerprint density at radius 1 is 1.50 bits per heavy atom. The molecule has 0 amide bonds. The number of nitrogens with one attached hydrogen (secondary N) is 1. The van der Waals surface area contributed by atoms with Crippen molar-refractivity contribution in [2.75, 3.05) is 31.3 Å². The number of hydrogen-bond acceptors (Lipinski definition) is 5. The van der Waals surface area contributed by atoms with E-state index >= 15 is 0 Å². The van der Waals surface area contributed by atoms with Crippen molar-refractivity contribution in [2.24, 2.45) is 5.41 Å². The van der Waals surface area contributed by atoms with Gasteiger partial charge >= 0.3 is 0 Å². The molecule has 5 heteroatoms. The lowest BCUT2D eigenvalue weighted by atomic mass is 9.90. The number of nitriles is 1. The van der Waals surface area contributed by atoms with Gasteiger partial charge < -0.3 is 15.8 Å². The number of anilines is 2. The van der Waals surface area contributed by atoms with Gasteiger partial charge in [-0.1, -0.05) is 13.8 Å². The first kappa shape index (κ1) is 14.3. The number of methoxy groups -OCH3 is 1. The molecular weight excluding hydrogens is 228 g/mol. The number of aromatic nitrogens is 1. The highest BCUT2D eigenvalue weighted by Crippen LogP contribution is 2.21. The molecule has 1 rings (SSSR count). The molecule has 0 spiro atoms. The third kappa shape index (κ3) is 4.22. The van der Waals surface area contributed by atoms with Gasteiger partial charge in [0.15, 0.2) is 5.69 Å². The Kier molecular flexibility index (Phi) is 4.93. The zero-order valence-electron chi connectivity index (χ0n) is 11.2. The second-order valence-electron chi connectivity index (χ2n) is 5.01. The minimum Gasteiger partial charge on any atom is -0.396 e. The first-order valence-corrected chi connectivity index (χ1v) is 5.88. The van der Waals surface area contributed by atoms with E-state index < -0.39 is 0 Å². The van der Waals surface area contributed by atoms with Crippen LogP contribution in [0.25, 0.3) is 0 Å². The van der Waals surface area contributed by atoms with Gasteiger partial charge in [-0.3, -0.25) is 0 Å². The first-order valence-electron chi connectivity index (χ1n) is 5.88. The molecule has 0 aliphatic carbocycles. The van der Waals surface area contributed by atoms with Gasteiger partial charge in [-0.2, -0.15) is 5.26 Å². The van der Waals surface area contributed by atoms with Crippen molar-refractivity contribution >= 4 is 11.5 Å². The van der Waals surface area contributed by atoms with Crippen molar-refractivity contribution in [3.63, 3.8) is 0 Å². The Morgan fingerprint density at radius 2 is 2.22 bits per heavy atom. The minimum atomic E-state index is 0.103. The monoisotopic (exact) mass is 248 g/mol. The van der Waals surface area contributed by atoms with Crippen LogP contribution >= 0.6 is 0 Å². The lowest BCUT2D eigenvalue weighted by Gasteiger charge is -2.24. The highest BCUT2D eigenvalue weighted by molar-refractivity contribution is 5.54. The van der Waals surface area contributed by atoms with Gasteiger partial charge in [0.05, 0.1) is 5.69 Å². The van der Waals surface area contributed by atoms with E-state index in [4.69, 9.17) is 15.7 Å². The number of pyridine rings is 1. The molecule has 1 aromatic heterocycles. The summed E-state index contributed by atoms with van der Waals surface area (Å²) < 4.78 is 5.08. The number of hydrogen-bond donors (Lipinski definition) is 2. The number of nitrogens with two attached hydrogens (primary N) is 1. The zero-order chi connectivity index (χ0) is 13.6. The van der Waals surface area contributed by atoms with Gasteiger partial charge in [-0.15, -0.1) is 0 Å². The topological polar surface area (TPSA) is 84.0 Å². The smallest absolute Gasteiger partial charge is 0.165 e. The third-order valence-corrected chi connectivity index (χ3v) is 2.76. The van der Waals surface area contributed by atoms with Crippen LogP contribution in [0.15, 0.2) is 12.1 Å². The van der Waals surface area contributed by atoms with Gasteiger partial charge in [0.2, 0.25) is 0 Å². The first-order chi connectivity index (χ1) is 8.48. The second kappa shape index (κ2) is 6.22. The second-order valence-corrected chi connectivity index (χ2v) is 5.01. The largest absolute Gasteiger partial charge is 0.396 e. The number of rotatable bonds is 6. The summed E-state index contributed by atoms with van der Waals surface area (Å²) in [5.41, 5.74) is 6.38. The Balaban J connectivity index is 2.61. The Labute approximate surface area is 108 Å². The molecule has 0 radical (unpaired) electrons. The zero-order valence-corrected chi connectivity index (χ0v) is 11.2. The van der Waals surface area contributed by atoms with Crippen LogP contribution in [0.2, 0.25) is 0 Å². The van der Waals surface area contributed by atoms with Gasteiger partial charge in [0, 0.05) is 20.3 Å². The predicted octanol–water partition coefficient (Wildman–Crippen LogP) is 2.01. The van der Waals surface area contributed by atoms with Crippen LogP contribution in [0.4, 0.5) is 11.5 Å². The van der Waals surface area contributed by atoms with Crippen LogP contribution in [0.5, 0.6) is 0 Å². The van der Waals surface area contributed by atoms with Crippen LogP contribution in [0, 0.1) is 16.7 Å². The number of nitrogen functional groups attached to an aromatic ring is 1. The summed E-state index contributed by atoms with van der Waals surface area (Å²) >= 11 is 0. The fraction of sp³-hybridized carbons (Fsp3) is 0.538. The molecule has 5 nitrogen and oxygen atoms in total. The average Bonchev–Trinajstić information content (AvgIpc) is 2.35. The summed E-state index contributed by atoms with van der Waals surface area (Å²) in [5.74, 6) is 0.672. The fourth-order valence-electron chi connectivity index (χ4n) is 1.45. The van der Waals surface area contributed by atoms with E-state index in [2.05, 4.69) is 24.1 Å². The molecular formula is C13H20N4O. The maximum atomic E-state index is 8.85. The normalized spacial score (nSPS) is 11.0. The Hall–Kier alpha value is -1.80. The minimum absolute atomic E-state index is 0.103. The molecule has 0 saturated carbocycles. The lowest BCUT2D eigenvalue weighted by Crippen LogP contribution is -2.25. The standard InChI is InChI=1S/C13H20N4O/c1-13(2,6-7-18-3)9-16-12-5-4-10(15)11(8-14)17-12/h4-5H,6-7,9,15H2,1-3H3,(H,16,17). The molecule has 0 aliphatic heterocycles. The van der Waals surface area contributed by atoms with Crippen molar-refractivity contribution in [3.8, 4) is 6.07 Å². The van der Waals surface area contributed by atoms with Gasteiger partial charge in [0.1, 0.15) is 11.9 Å². The highest BCUT2D eigenvalue weighted by atomic mass is 16.5. The van der Waals surface area contributed by atoms with E-state index in [0.717, 1.165) is 19.6 Å². The molecule has 1 aromatic rings. The van der Waals surface area contributed by atoms with Crippen LogP contribution in [-0.2, 0) is 4.74 Å². The van der Waals surface area contributed by atoms with Crippen LogP contribution in [-0.4, -0.2) is 25.2 Å². The highest BCUT2D eigenvalue weighted by Gasteiger charge is 2.17. The SMILES string of the molecule is COCCC(C)(C)CNc1ccc(N)c(C#N)n1. The summed E-state index contributed by atoms with van der Waals surface area (Å²) in [4.78, 5) is 4.15. The van der Waals surface area contributed by atoms with E-state index in [9.17, 15) is 0 Å². The van der Waals surface area contributed by atoms with Crippen molar-refractivity contribution in [2.45, 2.75) is 20.3 Å². The van der Waals surface area contributed by atoms with E-state index in [1.165, 1.54) is 0 Å². The number of nitrogens with zero attached hydrogens (tertiary/aromatic N) is 2. The van der Waals surface area contributed by atoms with Gasteiger partial charge in [-0.05, 0) is 24.0 Å². The summed E-state index contributed by atoms with van der Waals surface area (Å²) in [6.45, 7) is 5.80. The van der Waals surface area contributed by atoms with Gasteiger partial charge in [-0.25, -0.2) is 4.98 Å². The molecule has 0 aromatic carbocycles. The lowest BCUT2D eigenvalue weighted by molar-refractivity contribution is 0.157. The van der Waals surface area contributed by atoms with E-state index in [-0.39, 0.29) is 11.1 Å². The molecule has 0 fully saturated rings. The van der Waals surface area contributed by atoms with Crippen molar-refractivity contribution in [1.82, 2.24) is 4.98 Å². The van der Waals surface area contributed by atoms with Crippen LogP contribution in [0.3, 0.4) is 0 Å². The van der Waals surface area contributed by atoms with Crippen molar-refractivity contribution in [3.05, 3.63) is 17.8 Å². The van der Waals surface area contributed by atoms with Crippen LogP contribution < -0.4 is 11.1 Å². The summed E-state index contributed by atoms with van der Waals surface area (Å²) in [6, 6.07) is 5.44. The van der Waals surface area contributed by atoms with E-state index in [1.807, 2.05) is 6.07 Å². The fourth-order valence-corrected chi connectivity index (χ4v) is 1.45. The maximum absolute atomic E-state index is 8.85. The third-order valence-electron chi connectivity index (χ3n) is 2.76. The predicted molar refractivity (Wildman–Crippen MR) is 72.1 cm³/mol. The van der Waals surface area contributed by atoms with Crippen molar-refractivity contribution in [1.29, 1.82) is 5.26 Å². The summed E-state index contributed by atoms with van der Waals surface area (Å²) in [7, 11) is 1.70. The molecule has 1 heterocycles. The molecule has 0 aliphatic rings. The molecule has 3 N–H and O–H groups in total. The van der Waals surface area contributed by atoms with Crippen molar-refractivity contribution < 1.29 is 4.74 Å².